The molecule has 0 heterocycles. The van der Waals surface area contributed by atoms with Crippen LogP contribution in [0.15, 0.2) is 0 Å². The Hall–Kier alpha value is 2.19. The minimum absolute atomic E-state index is 0.752. The molecule has 0 aliphatic rings. The van der Waals surface area contributed by atoms with Crippen molar-refractivity contribution in [3.05, 3.63) is 0 Å². The van der Waals surface area contributed by atoms with Gasteiger partial charge in [-0.1, -0.05) is 126 Å². The van der Waals surface area contributed by atoms with Crippen molar-refractivity contribution in [2.24, 2.45) is 0 Å². The van der Waals surface area contributed by atoms with Crippen molar-refractivity contribution in [2.75, 3.05) is 50.3 Å². The predicted octanol–water partition coefficient (Wildman–Crippen LogP) is 12.8. The lowest BCUT2D eigenvalue weighted by Crippen LogP contribution is -2.04. The van der Waals surface area contributed by atoms with Crippen molar-refractivity contribution in [1.82, 2.24) is 0 Å². The first-order chi connectivity index (χ1) is 19.9. The van der Waals surface area contributed by atoms with Crippen LogP contribution in [0.3, 0.4) is 0 Å². The third-order valence-corrected chi connectivity index (χ3v) is 17.4. The minimum Gasteiger partial charge on any atom is -0.329 e. The molecule has 0 spiro atoms. The second-order valence-electron chi connectivity index (χ2n) is 10.7. The Kier molecular flexibility index (Phi) is 33.9. The summed E-state index contributed by atoms with van der Waals surface area (Å²) in [5, 5.41) is 0. The second-order valence-corrected chi connectivity index (χ2v) is 22.8. The maximum absolute atomic E-state index is 6.22. The molecule has 0 aliphatic carbocycles. The van der Waals surface area contributed by atoms with Crippen molar-refractivity contribution in [1.29, 1.82) is 0 Å². The fourth-order valence-corrected chi connectivity index (χ4v) is 13.4. The van der Waals surface area contributed by atoms with Crippen molar-refractivity contribution >= 4 is 68.0 Å². The van der Waals surface area contributed by atoms with Gasteiger partial charge < -0.3 is 18.1 Å². The highest BCUT2D eigenvalue weighted by atomic mass is 33.5. The van der Waals surface area contributed by atoms with Crippen molar-refractivity contribution in [3.63, 3.8) is 0 Å². The van der Waals surface area contributed by atoms with E-state index in [-0.39, 0.29) is 0 Å². The fraction of sp³-hybridized carbons (Fsp3) is 1.00. The van der Waals surface area contributed by atoms with Crippen LogP contribution in [0.1, 0.15) is 143 Å². The molecule has 0 rings (SSSR count). The molecule has 0 amide bonds. The lowest BCUT2D eigenvalue weighted by molar-refractivity contribution is 0.237. The van der Waals surface area contributed by atoms with Gasteiger partial charge in [0.05, 0.1) is 26.4 Å². The van der Waals surface area contributed by atoms with Crippen molar-refractivity contribution in [2.45, 2.75) is 143 Å². The zero-order chi connectivity index (χ0) is 30.3. The van der Waals surface area contributed by atoms with Gasteiger partial charge in [0.15, 0.2) is 13.0 Å². The highest BCUT2D eigenvalue weighted by Crippen LogP contribution is 2.51. The predicted molar refractivity (Wildman–Crippen MR) is 200 cm³/mol. The van der Waals surface area contributed by atoms with E-state index in [0.717, 1.165) is 88.8 Å². The van der Waals surface area contributed by atoms with E-state index in [1.165, 1.54) is 77.0 Å². The second kappa shape index (κ2) is 32.1. The third-order valence-electron chi connectivity index (χ3n) is 6.56. The molecule has 0 N–H and O–H groups in total. The molecule has 0 unspecified atom stereocenters. The molecule has 0 aromatic carbocycles. The molecular formula is C30H64O4P2S5. The largest absolute Gasteiger partial charge is 0.329 e. The smallest absolute Gasteiger partial charge is 0.188 e. The van der Waals surface area contributed by atoms with Gasteiger partial charge in [0.1, 0.15) is 0 Å². The van der Waals surface area contributed by atoms with Crippen LogP contribution in [-0.4, -0.2) is 50.3 Å². The van der Waals surface area contributed by atoms with Gasteiger partial charge in [0, 0.05) is 23.8 Å². The maximum atomic E-state index is 6.22. The molecule has 41 heavy (non-hydrogen) atoms. The Morgan fingerprint density at radius 1 is 0.415 bits per heavy atom. The lowest BCUT2D eigenvalue weighted by atomic mass is 10.2. The van der Waals surface area contributed by atoms with Crippen LogP contribution in [0.4, 0.5) is 0 Å². The van der Waals surface area contributed by atoms with Gasteiger partial charge in [-0.15, -0.1) is 0 Å². The van der Waals surface area contributed by atoms with Crippen LogP contribution < -0.4 is 0 Å². The molecule has 0 atom stereocenters. The molecule has 4 nitrogen and oxygen atoms in total. The van der Waals surface area contributed by atoms with Crippen LogP contribution in [0.5, 0.6) is 0 Å². The first-order valence-corrected chi connectivity index (χ1v) is 26.1. The summed E-state index contributed by atoms with van der Waals surface area (Å²) in [6.07, 6.45) is 23.1. The molecule has 0 saturated heterocycles. The fourth-order valence-electron chi connectivity index (χ4n) is 4.00. The van der Waals surface area contributed by atoms with Crippen LogP contribution in [0, 0.1) is 0 Å². The van der Waals surface area contributed by atoms with E-state index in [2.05, 4.69) is 27.7 Å². The van der Waals surface area contributed by atoms with Crippen LogP contribution >= 0.6 is 44.4 Å². The Labute approximate surface area is 278 Å². The van der Waals surface area contributed by atoms with Gasteiger partial charge in [-0.25, -0.2) is 0 Å². The lowest BCUT2D eigenvalue weighted by Gasteiger charge is -2.23. The molecule has 0 fully saturated rings. The molecule has 248 valence electrons. The quantitative estimate of drug-likeness (QED) is 0.0368. The average Bonchev–Trinajstić information content (AvgIpc) is 2.96. The SMILES string of the molecule is CCCCCCOP(=S)(CCCSSSCCCP(=S)(OCCCCCC)OCCCCCC)OCCCCCC. The van der Waals surface area contributed by atoms with Gasteiger partial charge in [-0.2, -0.15) is 0 Å². The van der Waals surface area contributed by atoms with Gasteiger partial charge in [0.25, 0.3) is 0 Å². The van der Waals surface area contributed by atoms with E-state index in [4.69, 9.17) is 41.7 Å². The Bertz CT molecular complexity index is 558. The summed E-state index contributed by atoms with van der Waals surface area (Å²) in [5.41, 5.74) is 0. The summed E-state index contributed by atoms with van der Waals surface area (Å²) in [4.78, 5) is 0. The average molecular weight is 711 g/mol. The maximum Gasteiger partial charge on any atom is 0.188 e. The zero-order valence-corrected chi connectivity index (χ0v) is 32.8. The summed E-state index contributed by atoms with van der Waals surface area (Å²) < 4.78 is 24.9. The van der Waals surface area contributed by atoms with Gasteiger partial charge in [-0.05, 0) is 72.0 Å². The Balaban J connectivity index is 4.27. The first-order valence-electron chi connectivity index (χ1n) is 16.6. The van der Waals surface area contributed by atoms with E-state index < -0.39 is 13.0 Å². The Morgan fingerprint density at radius 3 is 0.976 bits per heavy atom. The van der Waals surface area contributed by atoms with E-state index in [1.807, 2.05) is 31.4 Å². The topological polar surface area (TPSA) is 36.9 Å². The zero-order valence-electron chi connectivity index (χ0n) is 27.0. The van der Waals surface area contributed by atoms with E-state index in [9.17, 15) is 0 Å². The van der Waals surface area contributed by atoms with E-state index in [0.29, 0.717) is 0 Å². The summed E-state index contributed by atoms with van der Waals surface area (Å²) in [7, 11) is 5.74. The first kappa shape index (κ1) is 43.2. The normalized spacial score (nSPS) is 12.4. The van der Waals surface area contributed by atoms with E-state index in [1.54, 1.807) is 0 Å². The molecule has 11 heteroatoms. The monoisotopic (exact) mass is 710 g/mol. The van der Waals surface area contributed by atoms with Crippen molar-refractivity contribution in [3.8, 4) is 0 Å². The van der Waals surface area contributed by atoms with Crippen molar-refractivity contribution < 1.29 is 18.1 Å². The molecule has 0 aliphatic heterocycles. The number of unbranched alkanes of at least 4 members (excludes halogenated alkanes) is 12. The molecule has 0 radical (unpaired) electrons. The highest BCUT2D eigenvalue weighted by molar-refractivity contribution is 9.09. The van der Waals surface area contributed by atoms with Gasteiger partial charge >= 0.3 is 0 Å². The van der Waals surface area contributed by atoms with Crippen LogP contribution in [0.2, 0.25) is 0 Å². The Morgan fingerprint density at radius 2 is 0.707 bits per heavy atom. The van der Waals surface area contributed by atoms with Crippen LogP contribution in [0.25, 0.3) is 0 Å². The molecule has 0 saturated carbocycles. The summed E-state index contributed by atoms with van der Waals surface area (Å²) in [5.74, 6) is 2.16. The molecule has 0 aromatic heterocycles. The van der Waals surface area contributed by atoms with Gasteiger partial charge in [-0.3, -0.25) is 0 Å². The van der Waals surface area contributed by atoms with E-state index >= 15 is 0 Å². The van der Waals surface area contributed by atoms with Crippen LogP contribution in [-0.2, 0) is 41.7 Å². The molecular weight excluding hydrogens is 647 g/mol. The number of hydrogen-bond donors (Lipinski definition) is 0. The molecule has 0 bridgehead atoms. The molecule has 0 aromatic rings. The minimum atomic E-state index is -2.17. The summed E-state index contributed by atoms with van der Waals surface area (Å²) in [6.45, 7) is 7.63. The standard InChI is InChI=1S/C30H64O4P2S5/c1-5-9-13-17-23-31-35(37,32-24-18-14-10-6-2)27-21-29-39-41-40-30-22-28-36(38,33-25-19-15-11-7-3)34-26-20-16-12-8-4/h5-30H2,1-4H3. The highest BCUT2D eigenvalue weighted by Gasteiger charge is 2.20. The third kappa shape index (κ3) is 29.3. The summed E-state index contributed by atoms with van der Waals surface area (Å²) >= 11 is 11.9. The van der Waals surface area contributed by atoms with Gasteiger partial charge in [0.2, 0.25) is 0 Å². The number of hydrogen-bond acceptors (Lipinski definition) is 9. The number of rotatable bonds is 34. The summed E-state index contributed by atoms with van der Waals surface area (Å²) in [6, 6.07) is 0.